The SMILES string of the molecule is Cc1ccccc1/C=C1/N=C(c2ccc(Cl)cc2Cl)OC1=O. The van der Waals surface area contributed by atoms with Crippen LogP contribution in [0.4, 0.5) is 0 Å². The molecule has 0 atom stereocenters. The van der Waals surface area contributed by atoms with Gasteiger partial charge in [0.25, 0.3) is 0 Å². The van der Waals surface area contributed by atoms with Crippen molar-refractivity contribution in [2.24, 2.45) is 4.99 Å². The number of aryl methyl sites for hydroxylation is 1. The number of aliphatic imine (C=N–C) groups is 1. The molecule has 110 valence electrons. The zero-order valence-electron chi connectivity index (χ0n) is 11.6. The summed E-state index contributed by atoms with van der Waals surface area (Å²) in [6.45, 7) is 1.97. The lowest BCUT2D eigenvalue weighted by atomic mass is 10.1. The number of cyclic esters (lactones) is 1. The molecule has 0 saturated carbocycles. The van der Waals surface area contributed by atoms with E-state index in [0.717, 1.165) is 11.1 Å². The van der Waals surface area contributed by atoms with Crippen LogP contribution < -0.4 is 0 Å². The quantitative estimate of drug-likeness (QED) is 0.593. The molecule has 0 radical (unpaired) electrons. The molecule has 2 aromatic carbocycles. The number of carbonyl (C=O) groups is 1. The predicted octanol–water partition coefficient (Wildman–Crippen LogP) is 4.65. The Kier molecular flexibility index (Phi) is 4.01. The van der Waals surface area contributed by atoms with Gasteiger partial charge in [0.2, 0.25) is 5.90 Å². The van der Waals surface area contributed by atoms with Gasteiger partial charge in [0.05, 0.1) is 10.6 Å². The molecule has 2 aromatic rings. The van der Waals surface area contributed by atoms with Gasteiger partial charge in [-0.15, -0.1) is 0 Å². The first kappa shape index (κ1) is 14.8. The van der Waals surface area contributed by atoms with Gasteiger partial charge in [-0.2, -0.15) is 0 Å². The topological polar surface area (TPSA) is 38.7 Å². The number of hydrogen-bond acceptors (Lipinski definition) is 3. The van der Waals surface area contributed by atoms with E-state index in [1.807, 2.05) is 31.2 Å². The highest BCUT2D eigenvalue weighted by Gasteiger charge is 2.25. The number of halogens is 2. The minimum atomic E-state index is -0.496. The average molecular weight is 332 g/mol. The van der Waals surface area contributed by atoms with Crippen molar-refractivity contribution in [1.82, 2.24) is 0 Å². The lowest BCUT2D eigenvalue weighted by Gasteiger charge is -2.02. The van der Waals surface area contributed by atoms with E-state index in [0.29, 0.717) is 15.6 Å². The van der Waals surface area contributed by atoms with Crippen molar-refractivity contribution in [2.45, 2.75) is 6.92 Å². The monoisotopic (exact) mass is 331 g/mol. The van der Waals surface area contributed by atoms with Crippen LogP contribution in [0.25, 0.3) is 6.08 Å². The minimum absolute atomic E-state index is 0.187. The van der Waals surface area contributed by atoms with E-state index in [4.69, 9.17) is 27.9 Å². The second-order valence-electron chi connectivity index (χ2n) is 4.82. The Labute approximate surface area is 137 Å². The number of hydrogen-bond donors (Lipinski definition) is 0. The molecule has 22 heavy (non-hydrogen) atoms. The molecule has 1 aliphatic heterocycles. The first-order chi connectivity index (χ1) is 10.5. The van der Waals surface area contributed by atoms with Crippen molar-refractivity contribution in [3.8, 4) is 0 Å². The van der Waals surface area contributed by atoms with E-state index < -0.39 is 5.97 Å². The number of nitrogens with zero attached hydrogens (tertiary/aromatic N) is 1. The fourth-order valence-corrected chi connectivity index (χ4v) is 2.57. The Morgan fingerprint density at radius 1 is 1.14 bits per heavy atom. The van der Waals surface area contributed by atoms with Gasteiger partial charge in [-0.3, -0.25) is 0 Å². The minimum Gasteiger partial charge on any atom is -0.402 e. The van der Waals surface area contributed by atoms with E-state index in [9.17, 15) is 4.79 Å². The van der Waals surface area contributed by atoms with Crippen LogP contribution in [-0.4, -0.2) is 11.9 Å². The molecule has 0 spiro atoms. The number of carbonyl (C=O) groups excluding carboxylic acids is 1. The molecule has 0 aromatic heterocycles. The van der Waals surface area contributed by atoms with Crippen molar-refractivity contribution >= 4 is 41.1 Å². The van der Waals surface area contributed by atoms with Crippen molar-refractivity contribution < 1.29 is 9.53 Å². The third-order valence-corrected chi connectivity index (χ3v) is 3.81. The van der Waals surface area contributed by atoms with Gasteiger partial charge in [0.1, 0.15) is 0 Å². The summed E-state index contributed by atoms with van der Waals surface area (Å²) in [7, 11) is 0. The number of benzene rings is 2. The van der Waals surface area contributed by atoms with Crippen LogP contribution in [0.15, 0.2) is 53.2 Å². The lowest BCUT2D eigenvalue weighted by Crippen LogP contribution is -2.05. The summed E-state index contributed by atoms with van der Waals surface area (Å²) in [6.07, 6.45) is 1.70. The normalized spacial score (nSPS) is 15.9. The molecule has 0 saturated heterocycles. The van der Waals surface area contributed by atoms with Crippen LogP contribution in [0.1, 0.15) is 16.7 Å². The molecule has 3 rings (SSSR count). The summed E-state index contributed by atoms with van der Waals surface area (Å²) in [4.78, 5) is 16.2. The summed E-state index contributed by atoms with van der Waals surface area (Å²) in [5, 5.41) is 0.894. The third-order valence-electron chi connectivity index (χ3n) is 3.26. The second-order valence-corrected chi connectivity index (χ2v) is 5.66. The van der Waals surface area contributed by atoms with Crippen LogP contribution >= 0.6 is 23.2 Å². The van der Waals surface area contributed by atoms with Crippen LogP contribution in [0, 0.1) is 6.92 Å². The zero-order valence-corrected chi connectivity index (χ0v) is 13.2. The van der Waals surface area contributed by atoms with Gasteiger partial charge in [0.15, 0.2) is 5.70 Å². The largest absolute Gasteiger partial charge is 0.402 e. The molecule has 0 amide bonds. The average Bonchev–Trinajstić information content (AvgIpc) is 2.82. The van der Waals surface area contributed by atoms with Gasteiger partial charge in [-0.05, 0) is 42.3 Å². The van der Waals surface area contributed by atoms with Crippen molar-refractivity contribution in [1.29, 1.82) is 0 Å². The van der Waals surface area contributed by atoms with E-state index in [2.05, 4.69) is 4.99 Å². The summed E-state index contributed by atoms with van der Waals surface area (Å²) >= 11 is 12.0. The van der Waals surface area contributed by atoms with Gasteiger partial charge >= 0.3 is 5.97 Å². The second kappa shape index (κ2) is 5.95. The summed E-state index contributed by atoms with van der Waals surface area (Å²) in [5.74, 6) is -0.309. The van der Waals surface area contributed by atoms with Crippen molar-refractivity contribution in [2.75, 3.05) is 0 Å². The molecular weight excluding hydrogens is 321 g/mol. The first-order valence-electron chi connectivity index (χ1n) is 6.58. The highest BCUT2D eigenvalue weighted by atomic mass is 35.5. The predicted molar refractivity (Wildman–Crippen MR) is 88.2 cm³/mol. The highest BCUT2D eigenvalue weighted by Crippen LogP contribution is 2.26. The van der Waals surface area contributed by atoms with Crippen molar-refractivity contribution in [3.05, 3.63) is 74.9 Å². The van der Waals surface area contributed by atoms with Crippen LogP contribution in [0.3, 0.4) is 0 Å². The van der Waals surface area contributed by atoms with E-state index in [1.54, 1.807) is 24.3 Å². The first-order valence-corrected chi connectivity index (χ1v) is 7.34. The molecule has 0 bridgehead atoms. The Morgan fingerprint density at radius 2 is 1.91 bits per heavy atom. The van der Waals surface area contributed by atoms with Gasteiger partial charge in [0, 0.05) is 5.02 Å². The smallest absolute Gasteiger partial charge is 0.363 e. The summed E-state index contributed by atoms with van der Waals surface area (Å²) in [6, 6.07) is 12.6. The van der Waals surface area contributed by atoms with Crippen LogP contribution in [0.5, 0.6) is 0 Å². The molecule has 0 unspecified atom stereocenters. The molecular formula is C17H11Cl2NO2. The number of rotatable bonds is 2. The van der Waals surface area contributed by atoms with E-state index in [-0.39, 0.29) is 11.6 Å². The van der Waals surface area contributed by atoms with Crippen LogP contribution in [-0.2, 0) is 9.53 Å². The number of ether oxygens (including phenoxy) is 1. The molecule has 5 heteroatoms. The zero-order chi connectivity index (χ0) is 15.7. The van der Waals surface area contributed by atoms with Gasteiger partial charge in [-0.25, -0.2) is 9.79 Å². The lowest BCUT2D eigenvalue weighted by molar-refractivity contribution is -0.129. The molecule has 0 fully saturated rings. The highest BCUT2D eigenvalue weighted by molar-refractivity contribution is 6.37. The van der Waals surface area contributed by atoms with Gasteiger partial charge < -0.3 is 4.74 Å². The van der Waals surface area contributed by atoms with Gasteiger partial charge in [-0.1, -0.05) is 47.5 Å². The maximum atomic E-state index is 12.0. The maximum Gasteiger partial charge on any atom is 0.363 e. The third kappa shape index (κ3) is 2.91. The fourth-order valence-electron chi connectivity index (χ4n) is 2.08. The molecule has 0 N–H and O–H groups in total. The van der Waals surface area contributed by atoms with E-state index >= 15 is 0 Å². The maximum absolute atomic E-state index is 12.0. The number of esters is 1. The Hall–Kier alpha value is -2.10. The van der Waals surface area contributed by atoms with Crippen LogP contribution in [0.2, 0.25) is 10.0 Å². The molecule has 3 nitrogen and oxygen atoms in total. The molecule has 1 aliphatic rings. The molecule has 1 heterocycles. The van der Waals surface area contributed by atoms with E-state index in [1.165, 1.54) is 0 Å². The standard InChI is InChI=1S/C17H11Cl2NO2/c1-10-4-2-3-5-11(10)8-15-17(21)22-16(20-15)13-7-6-12(18)9-14(13)19/h2-9H,1H3/b15-8+. The molecule has 0 aliphatic carbocycles. The summed E-state index contributed by atoms with van der Waals surface area (Å²) < 4.78 is 5.21. The Morgan fingerprint density at radius 3 is 2.64 bits per heavy atom. The Balaban J connectivity index is 2.00. The summed E-state index contributed by atoms with van der Waals surface area (Å²) in [5.41, 5.74) is 2.75. The van der Waals surface area contributed by atoms with Crippen molar-refractivity contribution in [3.63, 3.8) is 0 Å². The fraction of sp³-hybridized carbons (Fsp3) is 0.0588. The Bertz CT molecular complexity index is 825.